The Kier molecular flexibility index (Phi) is 6.97. The molecule has 3 rings (SSSR count). The minimum atomic E-state index is -4.36. The first-order chi connectivity index (χ1) is 15.0. The average molecular weight is 498 g/mol. The Morgan fingerprint density at radius 1 is 1.06 bits per heavy atom. The number of pyridine rings is 1. The Labute approximate surface area is 192 Å². The quantitative estimate of drug-likeness (QED) is 0.440. The predicted molar refractivity (Wildman–Crippen MR) is 117 cm³/mol. The predicted octanol–water partition coefficient (Wildman–Crippen LogP) is 5.72. The van der Waals surface area contributed by atoms with E-state index in [1.54, 1.807) is 0 Å². The maximum atomic E-state index is 14.8. The molecule has 0 amide bonds. The van der Waals surface area contributed by atoms with E-state index in [4.69, 9.17) is 28.3 Å². The summed E-state index contributed by atoms with van der Waals surface area (Å²) in [5.74, 6) is -3.00. The van der Waals surface area contributed by atoms with Gasteiger partial charge in [0.05, 0.1) is 15.6 Å². The van der Waals surface area contributed by atoms with E-state index in [-0.39, 0.29) is 31.8 Å². The molecule has 1 heterocycles. The van der Waals surface area contributed by atoms with Crippen LogP contribution in [0.1, 0.15) is 29.0 Å². The van der Waals surface area contributed by atoms with Crippen molar-refractivity contribution in [2.45, 2.75) is 17.1 Å². The largest absolute Gasteiger partial charge is 0.478 e. The zero-order valence-electron chi connectivity index (χ0n) is 16.4. The van der Waals surface area contributed by atoms with E-state index >= 15 is 0 Å². The highest BCUT2D eigenvalue weighted by Crippen LogP contribution is 2.40. The number of sulfone groups is 1. The standard InChI is InChI=1S/C22H15Cl2F2NO4S/c1-12(22(28)29)8-15-10-17(19(24)11-27-15)21(18-9-14(25)4-7-20(18)26)32(30,31)16-5-2-13(23)3-6-16/h2-11,21H,1H3,(H,28,29). The van der Waals surface area contributed by atoms with E-state index in [1.807, 2.05) is 0 Å². The number of hydrogen-bond acceptors (Lipinski definition) is 4. The van der Waals surface area contributed by atoms with Crippen LogP contribution in [0.5, 0.6) is 0 Å². The molecule has 5 nitrogen and oxygen atoms in total. The van der Waals surface area contributed by atoms with Gasteiger partial charge in [-0.05, 0) is 67.1 Å². The minimum absolute atomic E-state index is 0.0696. The molecule has 0 fully saturated rings. The van der Waals surface area contributed by atoms with Gasteiger partial charge in [0.15, 0.2) is 9.84 Å². The molecule has 1 aromatic heterocycles. The van der Waals surface area contributed by atoms with Crippen LogP contribution in [0.3, 0.4) is 0 Å². The number of nitrogens with zero attached hydrogens (tertiary/aromatic N) is 1. The number of carbonyl (C=O) groups is 1. The molecule has 3 aromatic rings. The zero-order chi connectivity index (χ0) is 23.6. The van der Waals surface area contributed by atoms with Crippen molar-refractivity contribution in [3.8, 4) is 0 Å². The fourth-order valence-electron chi connectivity index (χ4n) is 3.01. The highest BCUT2D eigenvalue weighted by atomic mass is 35.5. The monoisotopic (exact) mass is 497 g/mol. The third kappa shape index (κ3) is 4.98. The van der Waals surface area contributed by atoms with Crippen molar-refractivity contribution in [2.24, 2.45) is 0 Å². The summed E-state index contributed by atoms with van der Waals surface area (Å²) >= 11 is 12.1. The molecule has 10 heteroatoms. The van der Waals surface area contributed by atoms with Crippen LogP contribution in [-0.2, 0) is 14.6 Å². The van der Waals surface area contributed by atoms with Gasteiger partial charge in [-0.3, -0.25) is 4.98 Å². The number of rotatable bonds is 6. The summed E-state index contributed by atoms with van der Waals surface area (Å²) in [5.41, 5.74) is -0.541. The van der Waals surface area contributed by atoms with Crippen LogP contribution in [-0.4, -0.2) is 24.5 Å². The molecular weight excluding hydrogens is 483 g/mol. The molecule has 1 atom stereocenters. The first-order valence-corrected chi connectivity index (χ1v) is 11.3. The topological polar surface area (TPSA) is 84.3 Å². The summed E-state index contributed by atoms with van der Waals surface area (Å²) < 4.78 is 55.9. The minimum Gasteiger partial charge on any atom is -0.478 e. The van der Waals surface area contributed by atoms with Gasteiger partial charge in [-0.2, -0.15) is 0 Å². The Balaban J connectivity index is 2.31. The number of carboxylic acids is 1. The molecule has 1 N–H and O–H groups in total. The van der Waals surface area contributed by atoms with Gasteiger partial charge in [-0.25, -0.2) is 22.0 Å². The van der Waals surface area contributed by atoms with Crippen LogP contribution in [0.2, 0.25) is 10.0 Å². The highest BCUT2D eigenvalue weighted by Gasteiger charge is 2.35. The van der Waals surface area contributed by atoms with Crippen LogP contribution in [0.15, 0.2) is 65.2 Å². The Bertz CT molecular complexity index is 1330. The van der Waals surface area contributed by atoms with Gasteiger partial charge < -0.3 is 5.11 Å². The van der Waals surface area contributed by atoms with E-state index in [0.717, 1.165) is 24.4 Å². The highest BCUT2D eigenvalue weighted by molar-refractivity contribution is 7.92. The maximum absolute atomic E-state index is 14.8. The SMILES string of the molecule is CC(=Cc1cc(C(c2cc(F)ccc2F)S(=O)(=O)c2ccc(Cl)cc2)c(Cl)cn1)C(=O)O. The first kappa shape index (κ1) is 23.8. The fourth-order valence-corrected chi connectivity index (χ4v) is 5.25. The third-order valence-corrected chi connectivity index (χ3v) is 7.21. The second-order valence-electron chi connectivity index (χ2n) is 6.81. The Hall–Kier alpha value is -2.81. The van der Waals surface area contributed by atoms with Crippen LogP contribution in [0.25, 0.3) is 6.08 Å². The summed E-state index contributed by atoms with van der Waals surface area (Å²) in [5, 5.41) is 7.52. The molecule has 166 valence electrons. The molecule has 0 aliphatic rings. The Morgan fingerprint density at radius 2 is 1.72 bits per heavy atom. The average Bonchev–Trinajstić information content (AvgIpc) is 2.73. The van der Waals surface area contributed by atoms with E-state index in [2.05, 4.69) is 4.98 Å². The molecule has 0 aliphatic heterocycles. The van der Waals surface area contributed by atoms with Gasteiger partial charge in [0, 0.05) is 22.4 Å². The van der Waals surface area contributed by atoms with Gasteiger partial charge in [-0.1, -0.05) is 23.2 Å². The summed E-state index contributed by atoms with van der Waals surface area (Å²) in [4.78, 5) is 14.9. The van der Waals surface area contributed by atoms with Gasteiger partial charge in [-0.15, -0.1) is 0 Å². The first-order valence-electron chi connectivity index (χ1n) is 9.02. The van der Waals surface area contributed by atoms with E-state index in [1.165, 1.54) is 43.3 Å². The van der Waals surface area contributed by atoms with Gasteiger partial charge in [0.1, 0.15) is 16.9 Å². The van der Waals surface area contributed by atoms with E-state index < -0.39 is 38.3 Å². The summed E-state index contributed by atoms with van der Waals surface area (Å²) in [6, 6.07) is 8.89. The number of benzene rings is 2. The van der Waals surface area contributed by atoms with Crippen molar-refractivity contribution in [2.75, 3.05) is 0 Å². The number of aliphatic carboxylic acids is 1. The lowest BCUT2D eigenvalue weighted by Crippen LogP contribution is -2.18. The number of aromatic nitrogens is 1. The molecule has 0 radical (unpaired) electrons. The molecule has 0 saturated heterocycles. The van der Waals surface area contributed by atoms with Crippen molar-refractivity contribution in [1.29, 1.82) is 0 Å². The fraction of sp³-hybridized carbons (Fsp3) is 0.0909. The van der Waals surface area contributed by atoms with Crippen molar-refractivity contribution >= 4 is 45.1 Å². The lowest BCUT2D eigenvalue weighted by Gasteiger charge is -2.21. The van der Waals surface area contributed by atoms with Gasteiger partial charge in [0.25, 0.3) is 0 Å². The Morgan fingerprint density at radius 3 is 2.34 bits per heavy atom. The van der Waals surface area contributed by atoms with Crippen molar-refractivity contribution in [3.05, 3.63) is 98.8 Å². The smallest absolute Gasteiger partial charge is 0.331 e. The molecule has 2 aromatic carbocycles. The van der Waals surface area contributed by atoms with Crippen molar-refractivity contribution in [3.63, 3.8) is 0 Å². The molecule has 32 heavy (non-hydrogen) atoms. The number of hydrogen-bond donors (Lipinski definition) is 1. The normalized spacial score (nSPS) is 13.1. The molecule has 1 unspecified atom stereocenters. The molecule has 0 bridgehead atoms. The van der Waals surface area contributed by atoms with E-state index in [9.17, 15) is 22.0 Å². The summed E-state index contributed by atoms with van der Waals surface area (Å²) in [6.45, 7) is 1.33. The van der Waals surface area contributed by atoms with Gasteiger partial charge >= 0.3 is 5.97 Å². The van der Waals surface area contributed by atoms with Crippen LogP contribution < -0.4 is 0 Å². The van der Waals surface area contributed by atoms with E-state index in [0.29, 0.717) is 0 Å². The molecule has 0 aliphatic carbocycles. The van der Waals surface area contributed by atoms with Crippen LogP contribution in [0.4, 0.5) is 8.78 Å². The molecule has 0 saturated carbocycles. The van der Waals surface area contributed by atoms with Crippen LogP contribution >= 0.6 is 23.2 Å². The number of halogens is 4. The summed E-state index contributed by atoms with van der Waals surface area (Å²) in [6.07, 6.45) is 2.33. The van der Waals surface area contributed by atoms with Crippen molar-refractivity contribution in [1.82, 2.24) is 4.98 Å². The van der Waals surface area contributed by atoms with Crippen molar-refractivity contribution < 1.29 is 27.1 Å². The van der Waals surface area contributed by atoms with Gasteiger partial charge in [0.2, 0.25) is 0 Å². The zero-order valence-corrected chi connectivity index (χ0v) is 18.7. The molecular formula is C22H15Cl2F2NO4S. The second-order valence-corrected chi connectivity index (χ2v) is 9.68. The second kappa shape index (κ2) is 9.36. The number of carboxylic acid groups (broad SMARTS) is 1. The maximum Gasteiger partial charge on any atom is 0.331 e. The lowest BCUT2D eigenvalue weighted by atomic mass is 10.0. The van der Waals surface area contributed by atoms with Crippen LogP contribution in [0, 0.1) is 11.6 Å². The lowest BCUT2D eigenvalue weighted by molar-refractivity contribution is -0.132. The third-order valence-electron chi connectivity index (χ3n) is 4.58. The molecule has 0 spiro atoms. The summed E-state index contributed by atoms with van der Waals surface area (Å²) in [7, 11) is -4.36.